The lowest BCUT2D eigenvalue weighted by atomic mass is 10.1. The van der Waals surface area contributed by atoms with Crippen molar-refractivity contribution in [2.24, 2.45) is 0 Å². The number of allylic oxidation sites excluding steroid dienone is 4. The van der Waals surface area contributed by atoms with E-state index in [2.05, 4.69) is 32.6 Å². The molecule has 1 atom stereocenters. The molecule has 2 aliphatic carbocycles. The van der Waals surface area contributed by atoms with E-state index < -0.39 is 15.1 Å². The Labute approximate surface area is 166 Å². The van der Waals surface area contributed by atoms with Crippen LogP contribution < -0.4 is 4.74 Å². The molecule has 1 heterocycles. The minimum absolute atomic E-state index is 0.108. The van der Waals surface area contributed by atoms with Gasteiger partial charge in [0.05, 0.1) is 23.6 Å². The van der Waals surface area contributed by atoms with Crippen molar-refractivity contribution in [3.05, 3.63) is 45.2 Å². The third-order valence-corrected chi connectivity index (χ3v) is 7.75. The van der Waals surface area contributed by atoms with Gasteiger partial charge in [0.1, 0.15) is 0 Å². The minimum Gasteiger partial charge on any atom is -0.480 e. The summed E-state index contributed by atoms with van der Waals surface area (Å²) in [5.41, 5.74) is 2.66. The van der Waals surface area contributed by atoms with Gasteiger partial charge in [-0.3, -0.25) is 0 Å². The molecule has 1 unspecified atom stereocenters. The molecular formula is C17H18ClIN2O3S. The van der Waals surface area contributed by atoms with Gasteiger partial charge in [-0.25, -0.2) is 13.4 Å². The molecule has 1 aromatic rings. The van der Waals surface area contributed by atoms with Gasteiger partial charge in [0, 0.05) is 8.48 Å². The Morgan fingerprint density at radius 2 is 2.00 bits per heavy atom. The van der Waals surface area contributed by atoms with Crippen molar-refractivity contribution in [2.75, 3.05) is 7.11 Å². The normalized spacial score (nSPS) is 20.8. The largest absolute Gasteiger partial charge is 0.480 e. The fraction of sp³-hybridized carbons (Fsp3) is 0.412. The van der Waals surface area contributed by atoms with E-state index in [1.807, 2.05) is 13.0 Å². The fourth-order valence-electron chi connectivity index (χ4n) is 3.03. The van der Waals surface area contributed by atoms with Crippen molar-refractivity contribution in [3.8, 4) is 5.88 Å². The zero-order chi connectivity index (χ0) is 18.2. The first kappa shape index (κ1) is 18.8. The molecule has 0 spiro atoms. The van der Waals surface area contributed by atoms with Gasteiger partial charge in [-0.1, -0.05) is 17.7 Å². The third-order valence-electron chi connectivity index (χ3n) is 4.44. The van der Waals surface area contributed by atoms with E-state index in [9.17, 15) is 8.42 Å². The van der Waals surface area contributed by atoms with Crippen molar-refractivity contribution >= 4 is 47.6 Å². The maximum absolute atomic E-state index is 13.1. The molecule has 0 aromatic carbocycles. The standard InChI is InChI=1S/C17H18ClIN2O3S/c1-10-3-5-11(6-4-10)25(22,23)12-7-8-14-15(13(19)9-12)16(24-2)21-17(18)20-14/h3,5,9,12H,4,6-8H2,1-2H3. The van der Waals surface area contributed by atoms with Crippen LogP contribution in [-0.2, 0) is 16.3 Å². The van der Waals surface area contributed by atoms with Crippen LogP contribution in [0, 0.1) is 0 Å². The average molecular weight is 493 g/mol. The molecular weight excluding hydrogens is 475 g/mol. The monoisotopic (exact) mass is 492 g/mol. The number of halogens is 2. The van der Waals surface area contributed by atoms with Crippen molar-refractivity contribution in [1.82, 2.24) is 9.97 Å². The lowest BCUT2D eigenvalue weighted by Crippen LogP contribution is -2.22. The first-order valence-corrected chi connectivity index (χ1v) is 10.9. The Kier molecular flexibility index (Phi) is 5.55. The van der Waals surface area contributed by atoms with Gasteiger partial charge in [-0.2, -0.15) is 4.98 Å². The summed E-state index contributed by atoms with van der Waals surface area (Å²) in [6.07, 6.45) is 7.73. The number of aryl methyl sites for hydroxylation is 1. The maximum Gasteiger partial charge on any atom is 0.226 e. The smallest absolute Gasteiger partial charge is 0.226 e. The molecule has 0 saturated heterocycles. The SMILES string of the molecule is COc1nc(Cl)nc2c1C(I)=CC(S(=O)(=O)C1=CC=C(C)CC1)CC2. The van der Waals surface area contributed by atoms with E-state index in [0.717, 1.165) is 21.3 Å². The fourth-order valence-corrected chi connectivity index (χ4v) is 6.21. The van der Waals surface area contributed by atoms with Crippen LogP contribution in [0.2, 0.25) is 5.28 Å². The number of methoxy groups -OCH3 is 1. The van der Waals surface area contributed by atoms with E-state index in [-0.39, 0.29) is 5.28 Å². The van der Waals surface area contributed by atoms with Crippen LogP contribution in [0.25, 0.3) is 3.58 Å². The summed E-state index contributed by atoms with van der Waals surface area (Å²) in [5.74, 6) is 0.379. The van der Waals surface area contributed by atoms with Crippen LogP contribution in [0.5, 0.6) is 5.88 Å². The zero-order valence-corrected chi connectivity index (χ0v) is 17.7. The molecule has 0 fully saturated rings. The Hall–Kier alpha value is -0.930. The van der Waals surface area contributed by atoms with Crippen LogP contribution in [0.3, 0.4) is 0 Å². The number of fused-ring (bicyclic) bond motifs is 1. The third kappa shape index (κ3) is 3.78. The number of hydrogen-bond donors (Lipinski definition) is 0. The Morgan fingerprint density at radius 3 is 2.64 bits per heavy atom. The van der Waals surface area contributed by atoms with Gasteiger partial charge in [-0.15, -0.1) is 0 Å². The molecule has 0 aliphatic heterocycles. The molecule has 134 valence electrons. The molecule has 25 heavy (non-hydrogen) atoms. The first-order valence-electron chi connectivity index (χ1n) is 7.91. The zero-order valence-electron chi connectivity index (χ0n) is 13.9. The second kappa shape index (κ2) is 7.36. The molecule has 3 rings (SSSR count). The van der Waals surface area contributed by atoms with Crippen molar-refractivity contribution in [2.45, 2.75) is 37.9 Å². The Morgan fingerprint density at radius 1 is 1.24 bits per heavy atom. The topological polar surface area (TPSA) is 69.2 Å². The summed E-state index contributed by atoms with van der Waals surface area (Å²) in [5, 5.41) is -0.480. The number of aromatic nitrogens is 2. The van der Waals surface area contributed by atoms with Crippen LogP contribution in [0.1, 0.15) is 37.4 Å². The predicted molar refractivity (Wildman–Crippen MR) is 108 cm³/mol. The molecule has 8 heteroatoms. The molecule has 1 aromatic heterocycles. The number of sulfone groups is 1. The van der Waals surface area contributed by atoms with Crippen LogP contribution in [0.4, 0.5) is 0 Å². The minimum atomic E-state index is -3.40. The lowest BCUT2D eigenvalue weighted by molar-refractivity contribution is 0.395. The predicted octanol–water partition coefficient (Wildman–Crippen LogP) is 4.27. The highest BCUT2D eigenvalue weighted by Crippen LogP contribution is 2.38. The number of hydrogen-bond acceptors (Lipinski definition) is 5. The van der Waals surface area contributed by atoms with E-state index in [0.29, 0.717) is 30.0 Å². The second-order valence-corrected chi connectivity index (χ2v) is 9.83. The van der Waals surface area contributed by atoms with Gasteiger partial charge in [-0.05, 0) is 72.9 Å². The van der Waals surface area contributed by atoms with Gasteiger partial charge in [0.15, 0.2) is 9.84 Å². The van der Waals surface area contributed by atoms with Crippen molar-refractivity contribution in [1.29, 1.82) is 0 Å². The highest BCUT2D eigenvalue weighted by atomic mass is 127. The van der Waals surface area contributed by atoms with Crippen molar-refractivity contribution in [3.63, 3.8) is 0 Å². The molecule has 0 amide bonds. The van der Waals surface area contributed by atoms with Crippen LogP contribution >= 0.6 is 34.2 Å². The van der Waals surface area contributed by atoms with E-state index >= 15 is 0 Å². The quantitative estimate of drug-likeness (QED) is 0.466. The Balaban J connectivity index is 2.01. The molecule has 2 aliphatic rings. The van der Waals surface area contributed by atoms with E-state index in [1.54, 1.807) is 12.2 Å². The van der Waals surface area contributed by atoms with Crippen LogP contribution in [0.15, 0.2) is 28.7 Å². The number of rotatable bonds is 3. The van der Waals surface area contributed by atoms with Crippen LogP contribution in [-0.4, -0.2) is 30.7 Å². The van der Waals surface area contributed by atoms with E-state index in [1.165, 1.54) is 12.7 Å². The molecule has 0 bridgehead atoms. The highest BCUT2D eigenvalue weighted by molar-refractivity contribution is 14.1. The highest BCUT2D eigenvalue weighted by Gasteiger charge is 2.32. The summed E-state index contributed by atoms with van der Waals surface area (Å²) in [7, 11) is -1.88. The summed E-state index contributed by atoms with van der Waals surface area (Å²) in [6.45, 7) is 2.01. The second-order valence-electron chi connectivity index (χ2n) is 6.11. The molecule has 0 N–H and O–H groups in total. The number of ether oxygens (including phenoxy) is 1. The summed E-state index contributed by atoms with van der Waals surface area (Å²) in [6, 6.07) is 0. The molecule has 5 nitrogen and oxygen atoms in total. The van der Waals surface area contributed by atoms with E-state index in [4.69, 9.17) is 16.3 Å². The number of nitrogens with zero attached hydrogens (tertiary/aromatic N) is 2. The van der Waals surface area contributed by atoms with Crippen molar-refractivity contribution < 1.29 is 13.2 Å². The first-order chi connectivity index (χ1) is 11.8. The summed E-state index contributed by atoms with van der Waals surface area (Å²) >= 11 is 8.09. The summed E-state index contributed by atoms with van der Waals surface area (Å²) < 4.78 is 32.3. The average Bonchev–Trinajstić information content (AvgIpc) is 2.74. The van der Waals surface area contributed by atoms with Gasteiger partial charge in [0.25, 0.3) is 0 Å². The molecule has 0 radical (unpaired) electrons. The van der Waals surface area contributed by atoms with Gasteiger partial charge in [0.2, 0.25) is 11.2 Å². The molecule has 0 saturated carbocycles. The lowest BCUT2D eigenvalue weighted by Gasteiger charge is -2.18. The maximum atomic E-state index is 13.1. The van der Waals surface area contributed by atoms with Gasteiger partial charge < -0.3 is 4.74 Å². The van der Waals surface area contributed by atoms with Gasteiger partial charge >= 0.3 is 0 Å². The summed E-state index contributed by atoms with van der Waals surface area (Å²) in [4.78, 5) is 8.89. The Bertz CT molecular complexity index is 907.